The Morgan fingerprint density at radius 3 is 2.78 bits per heavy atom. The van der Waals surface area contributed by atoms with Gasteiger partial charge in [0, 0.05) is 20.9 Å². The molecule has 1 aliphatic rings. The van der Waals surface area contributed by atoms with Crippen LogP contribution < -0.4 is 9.64 Å². The number of nitrogens with zero attached hydrogens (tertiary/aromatic N) is 3. The average Bonchev–Trinajstić information content (AvgIpc) is 3.04. The van der Waals surface area contributed by atoms with Gasteiger partial charge < -0.3 is 24.0 Å². The second-order valence-electron chi connectivity index (χ2n) is 9.33. The van der Waals surface area contributed by atoms with Gasteiger partial charge in [-0.15, -0.1) is 0 Å². The third-order valence-electron chi connectivity index (χ3n) is 5.53. The highest BCUT2D eigenvalue weighted by atomic mass is 28.3. The fourth-order valence-corrected chi connectivity index (χ4v) is 4.56. The Bertz CT molecular complexity index is 1160. The third kappa shape index (κ3) is 4.35. The Morgan fingerprint density at radius 2 is 2.06 bits per heavy atom. The first-order valence-electron chi connectivity index (χ1n) is 10.7. The average molecular weight is 458 g/mol. The van der Waals surface area contributed by atoms with Gasteiger partial charge in [0.15, 0.2) is 5.82 Å². The predicted octanol–water partition coefficient (Wildman–Crippen LogP) is 5.10. The molecule has 0 radical (unpaired) electrons. The first kappa shape index (κ1) is 22.3. The Hall–Kier alpha value is -2.91. The van der Waals surface area contributed by atoms with Gasteiger partial charge in [0.1, 0.15) is 24.7 Å². The van der Waals surface area contributed by atoms with Crippen molar-refractivity contribution < 1.29 is 23.8 Å². The molecule has 1 N–H and O–H groups in total. The van der Waals surface area contributed by atoms with Gasteiger partial charge in [0.05, 0.1) is 22.7 Å². The molecule has 0 spiro atoms. The van der Waals surface area contributed by atoms with E-state index in [0.717, 1.165) is 6.04 Å². The van der Waals surface area contributed by atoms with Crippen molar-refractivity contribution in [2.45, 2.75) is 45.4 Å². The normalized spacial score (nSPS) is 16.2. The van der Waals surface area contributed by atoms with Gasteiger partial charge in [-0.25, -0.2) is 9.18 Å². The van der Waals surface area contributed by atoms with Crippen LogP contribution in [0, 0.1) is 5.82 Å². The van der Waals surface area contributed by atoms with E-state index in [0.29, 0.717) is 41.5 Å². The van der Waals surface area contributed by atoms with Crippen molar-refractivity contribution in [1.82, 2.24) is 9.55 Å². The van der Waals surface area contributed by atoms with Crippen LogP contribution in [-0.2, 0) is 11.5 Å². The molecule has 0 saturated heterocycles. The van der Waals surface area contributed by atoms with Gasteiger partial charge in [0.2, 0.25) is 5.88 Å². The van der Waals surface area contributed by atoms with Crippen molar-refractivity contribution in [3.63, 3.8) is 0 Å². The number of halogens is 1. The number of hydrogen-bond acceptors (Lipinski definition) is 5. The number of anilines is 2. The topological polar surface area (TPSA) is 76.8 Å². The van der Waals surface area contributed by atoms with Crippen molar-refractivity contribution >= 4 is 36.5 Å². The molecule has 0 fully saturated rings. The smallest absolute Gasteiger partial charge is 0.337 e. The van der Waals surface area contributed by atoms with E-state index in [9.17, 15) is 14.3 Å². The molecule has 0 bridgehead atoms. The molecule has 9 heteroatoms. The zero-order chi connectivity index (χ0) is 23.0. The SMILES string of the molecule is C[C@@H]1COc2nc3c(cc2N1c1ccccc1C(=O)O)c(F)cn3COCC[Si](C)(C)C. The zero-order valence-corrected chi connectivity index (χ0v) is 19.8. The van der Waals surface area contributed by atoms with Gasteiger partial charge in [0.25, 0.3) is 0 Å². The van der Waals surface area contributed by atoms with Crippen LogP contribution in [0.2, 0.25) is 25.7 Å². The number of ether oxygens (including phenoxy) is 2. The van der Waals surface area contributed by atoms with Crippen LogP contribution >= 0.6 is 0 Å². The molecular formula is C23H28FN3O4Si. The molecule has 1 atom stereocenters. The van der Waals surface area contributed by atoms with Gasteiger partial charge in [-0.05, 0) is 31.2 Å². The summed E-state index contributed by atoms with van der Waals surface area (Å²) in [4.78, 5) is 18.2. The van der Waals surface area contributed by atoms with E-state index < -0.39 is 19.9 Å². The minimum absolute atomic E-state index is 0.155. The highest BCUT2D eigenvalue weighted by Gasteiger charge is 2.31. The van der Waals surface area contributed by atoms with Crippen molar-refractivity contribution in [2.75, 3.05) is 18.1 Å². The number of carboxylic acids is 1. The molecule has 7 nitrogen and oxygen atoms in total. The van der Waals surface area contributed by atoms with E-state index in [1.54, 1.807) is 34.9 Å². The monoisotopic (exact) mass is 457 g/mol. The molecule has 1 aliphatic heterocycles. The number of hydrogen-bond donors (Lipinski definition) is 1. The second-order valence-corrected chi connectivity index (χ2v) is 15.0. The lowest BCUT2D eigenvalue weighted by Crippen LogP contribution is -2.38. The van der Waals surface area contributed by atoms with Gasteiger partial charge in [-0.3, -0.25) is 0 Å². The summed E-state index contributed by atoms with van der Waals surface area (Å²) in [5.74, 6) is -1.09. The van der Waals surface area contributed by atoms with E-state index >= 15 is 0 Å². The van der Waals surface area contributed by atoms with Gasteiger partial charge in [-0.2, -0.15) is 4.98 Å². The summed E-state index contributed by atoms with van der Waals surface area (Å²) in [6, 6.07) is 9.31. The summed E-state index contributed by atoms with van der Waals surface area (Å²) in [5.41, 5.74) is 1.67. The number of fused-ring (bicyclic) bond motifs is 2. The first-order valence-corrected chi connectivity index (χ1v) is 14.4. The molecule has 1 aromatic carbocycles. The standard InChI is InChI=1S/C23H28FN3O4Si/c1-15-13-31-22-20(27(15)19-8-6-5-7-16(19)23(28)29)11-17-18(24)12-26(21(17)25-22)14-30-9-10-32(2,3)4/h5-8,11-12,15H,9-10,13-14H2,1-4H3,(H,28,29)/t15-/m1/s1. The number of benzene rings is 1. The van der Waals surface area contributed by atoms with Crippen LogP contribution in [-0.4, -0.2) is 48.0 Å². The molecule has 4 rings (SSSR count). The number of carboxylic acid groups (broad SMARTS) is 1. The number of aromatic carboxylic acids is 1. The van der Waals surface area contributed by atoms with E-state index in [2.05, 4.69) is 24.6 Å². The Kier molecular flexibility index (Phi) is 5.96. The fraction of sp³-hybridized carbons (Fsp3) is 0.391. The van der Waals surface area contributed by atoms with E-state index in [1.807, 2.05) is 11.8 Å². The predicted molar refractivity (Wildman–Crippen MR) is 124 cm³/mol. The first-order chi connectivity index (χ1) is 15.2. The summed E-state index contributed by atoms with van der Waals surface area (Å²) in [7, 11) is -1.21. The largest absolute Gasteiger partial charge is 0.478 e. The highest BCUT2D eigenvalue weighted by molar-refractivity contribution is 6.76. The maximum atomic E-state index is 14.8. The van der Waals surface area contributed by atoms with Crippen LogP contribution in [0.1, 0.15) is 17.3 Å². The quantitative estimate of drug-likeness (QED) is 0.393. The molecule has 0 amide bonds. The van der Waals surface area contributed by atoms with Crippen molar-refractivity contribution in [2.24, 2.45) is 0 Å². The van der Waals surface area contributed by atoms with E-state index in [4.69, 9.17) is 9.47 Å². The summed E-state index contributed by atoms with van der Waals surface area (Å²) in [6.45, 7) is 9.92. The van der Waals surface area contributed by atoms with Crippen molar-refractivity contribution in [1.29, 1.82) is 0 Å². The van der Waals surface area contributed by atoms with Gasteiger partial charge in [-0.1, -0.05) is 31.8 Å². The van der Waals surface area contributed by atoms with Crippen LogP contribution in [0.3, 0.4) is 0 Å². The highest BCUT2D eigenvalue weighted by Crippen LogP contribution is 2.41. The Balaban J connectivity index is 1.71. The van der Waals surface area contributed by atoms with Gasteiger partial charge >= 0.3 is 5.97 Å². The molecule has 2 aromatic heterocycles. The van der Waals surface area contributed by atoms with Crippen molar-refractivity contribution in [3.05, 3.63) is 47.9 Å². The number of rotatable bonds is 7. The number of pyridine rings is 1. The van der Waals surface area contributed by atoms with Crippen LogP contribution in [0.4, 0.5) is 15.8 Å². The maximum absolute atomic E-state index is 14.8. The zero-order valence-electron chi connectivity index (χ0n) is 18.8. The van der Waals surface area contributed by atoms with Crippen molar-refractivity contribution in [3.8, 4) is 5.88 Å². The Morgan fingerprint density at radius 1 is 1.31 bits per heavy atom. The molecule has 170 valence electrons. The third-order valence-corrected chi connectivity index (χ3v) is 7.23. The summed E-state index contributed by atoms with van der Waals surface area (Å²) in [6.07, 6.45) is 1.39. The van der Waals surface area contributed by atoms with Crippen LogP contribution in [0.15, 0.2) is 36.5 Å². The van der Waals surface area contributed by atoms with Crippen LogP contribution in [0.25, 0.3) is 11.0 Å². The lowest BCUT2D eigenvalue weighted by molar-refractivity contribution is 0.0697. The number of carbonyl (C=O) groups is 1. The summed E-state index contributed by atoms with van der Waals surface area (Å²) in [5, 5.41) is 10.00. The lowest BCUT2D eigenvalue weighted by Gasteiger charge is -2.36. The molecule has 0 aliphatic carbocycles. The second kappa shape index (κ2) is 8.55. The summed E-state index contributed by atoms with van der Waals surface area (Å²) < 4.78 is 28.1. The minimum Gasteiger partial charge on any atom is -0.478 e. The summed E-state index contributed by atoms with van der Waals surface area (Å²) >= 11 is 0. The minimum atomic E-state index is -1.21. The van der Waals surface area contributed by atoms with Crippen LogP contribution in [0.5, 0.6) is 5.88 Å². The molecular weight excluding hydrogens is 429 g/mol. The maximum Gasteiger partial charge on any atom is 0.337 e. The number of para-hydroxylation sites is 1. The molecule has 32 heavy (non-hydrogen) atoms. The molecule has 3 heterocycles. The fourth-order valence-electron chi connectivity index (χ4n) is 3.80. The lowest BCUT2D eigenvalue weighted by atomic mass is 10.1. The molecule has 3 aromatic rings. The Labute approximate surface area is 187 Å². The van der Waals surface area contributed by atoms with E-state index in [1.165, 1.54) is 6.20 Å². The molecule has 0 unspecified atom stereocenters. The number of aromatic nitrogens is 2. The molecule has 0 saturated carbocycles. The van der Waals surface area contributed by atoms with E-state index in [-0.39, 0.29) is 18.3 Å².